The topological polar surface area (TPSA) is 55.8 Å². The van der Waals surface area contributed by atoms with Crippen LogP contribution in [0.2, 0.25) is 0 Å². The van der Waals surface area contributed by atoms with Gasteiger partial charge in [-0.3, -0.25) is 0 Å². The number of rotatable bonds is 14. The van der Waals surface area contributed by atoms with Crippen molar-refractivity contribution in [3.8, 4) is 28.0 Å². The van der Waals surface area contributed by atoms with Crippen molar-refractivity contribution in [1.29, 1.82) is 0 Å². The van der Waals surface area contributed by atoms with E-state index in [4.69, 9.17) is 9.47 Å². The summed E-state index contributed by atoms with van der Waals surface area (Å²) in [5, 5.41) is 9.27. The summed E-state index contributed by atoms with van der Waals surface area (Å²) in [6.07, 6.45) is 6.28. The van der Waals surface area contributed by atoms with E-state index < -0.39 is 5.97 Å². The van der Waals surface area contributed by atoms with Crippen molar-refractivity contribution in [3.05, 3.63) is 89.5 Å². The van der Waals surface area contributed by atoms with E-state index in [2.05, 4.69) is 75.0 Å². The van der Waals surface area contributed by atoms with Crippen LogP contribution >= 0.6 is 0 Å². The first-order valence-electron chi connectivity index (χ1n) is 13.3. The number of carbonyl (C=O) groups excluding carboxylic acids is 1. The van der Waals surface area contributed by atoms with E-state index in [1.165, 1.54) is 41.5 Å². The zero-order valence-corrected chi connectivity index (χ0v) is 22.5. The lowest BCUT2D eigenvalue weighted by Crippen LogP contribution is -2.13. The second-order valence-corrected chi connectivity index (χ2v) is 9.60. The fourth-order valence-corrected chi connectivity index (χ4v) is 4.38. The van der Waals surface area contributed by atoms with Gasteiger partial charge < -0.3 is 14.6 Å². The molecule has 0 spiro atoms. The number of hydrogen-bond donors (Lipinski definition) is 1. The molecule has 4 nitrogen and oxygen atoms in total. The zero-order chi connectivity index (χ0) is 26.6. The molecule has 0 aliphatic carbocycles. The van der Waals surface area contributed by atoms with E-state index >= 15 is 0 Å². The number of carbonyl (C=O) groups is 1. The molecule has 0 saturated carbocycles. The average molecular weight is 501 g/mol. The van der Waals surface area contributed by atoms with Crippen molar-refractivity contribution in [3.63, 3.8) is 0 Å². The number of esters is 1. The van der Waals surface area contributed by atoms with Gasteiger partial charge in [0.15, 0.2) is 0 Å². The zero-order valence-electron chi connectivity index (χ0n) is 22.5. The highest BCUT2D eigenvalue weighted by Crippen LogP contribution is 2.31. The van der Waals surface area contributed by atoms with Gasteiger partial charge in [-0.05, 0) is 84.5 Å². The largest absolute Gasteiger partial charge is 0.490 e. The molecule has 196 valence electrons. The molecule has 1 N–H and O–H groups in total. The van der Waals surface area contributed by atoms with Gasteiger partial charge in [0, 0.05) is 12.2 Å². The van der Waals surface area contributed by atoms with Crippen LogP contribution in [0.4, 0.5) is 0 Å². The van der Waals surface area contributed by atoms with E-state index in [0.717, 1.165) is 28.9 Å². The maximum absolute atomic E-state index is 11.6. The van der Waals surface area contributed by atoms with Gasteiger partial charge >= 0.3 is 5.97 Å². The highest BCUT2D eigenvalue weighted by Gasteiger charge is 2.10. The van der Waals surface area contributed by atoms with Crippen LogP contribution < -0.4 is 4.74 Å². The molecule has 0 amide bonds. The molecule has 0 fully saturated rings. The summed E-state index contributed by atoms with van der Waals surface area (Å²) < 4.78 is 11.1. The smallest absolute Gasteiger partial charge is 0.333 e. The van der Waals surface area contributed by atoms with Gasteiger partial charge in [-0.1, -0.05) is 80.9 Å². The maximum atomic E-state index is 11.6. The molecule has 3 rings (SSSR count). The van der Waals surface area contributed by atoms with Crippen LogP contribution in [0.5, 0.6) is 5.75 Å². The maximum Gasteiger partial charge on any atom is 0.333 e. The second-order valence-electron chi connectivity index (χ2n) is 9.60. The molecule has 4 heteroatoms. The summed E-state index contributed by atoms with van der Waals surface area (Å²) >= 11 is 0. The summed E-state index contributed by atoms with van der Waals surface area (Å²) in [5.74, 6) is 0.329. The molecule has 3 aromatic carbocycles. The number of aliphatic hydroxyl groups excluding tert-OH is 1. The van der Waals surface area contributed by atoms with Crippen LogP contribution in [-0.4, -0.2) is 30.9 Å². The number of aliphatic hydroxyl groups is 1. The summed E-state index contributed by atoms with van der Waals surface area (Å²) in [4.78, 5) is 11.6. The van der Waals surface area contributed by atoms with Crippen LogP contribution in [-0.2, 0) is 22.4 Å². The molecule has 0 aliphatic heterocycles. The molecule has 0 unspecified atom stereocenters. The first-order valence-corrected chi connectivity index (χ1v) is 13.3. The second kappa shape index (κ2) is 14.4. The Morgan fingerprint density at radius 3 is 2.27 bits per heavy atom. The van der Waals surface area contributed by atoms with E-state index in [0.29, 0.717) is 18.4 Å². The van der Waals surface area contributed by atoms with Crippen molar-refractivity contribution in [2.75, 3.05) is 19.8 Å². The number of hydrogen-bond acceptors (Lipinski definition) is 4. The Bertz CT molecular complexity index is 1180. The third kappa shape index (κ3) is 8.33. The highest BCUT2D eigenvalue weighted by molar-refractivity contribution is 5.86. The molecule has 0 saturated heterocycles. The standard InChI is InChI=1S/C33H40O4/c1-5-6-7-9-26-11-18-31(25(4)22-26)28-14-12-27(13-15-28)30-17-16-29(10-8-19-34)32(23-30)36-20-21-37-33(35)24(2)3/h11-18,22-23,34H,2,5-10,19-21H2,1,3-4H3. The quantitative estimate of drug-likeness (QED) is 0.142. The van der Waals surface area contributed by atoms with Gasteiger partial charge in [-0.25, -0.2) is 4.79 Å². The normalized spacial score (nSPS) is 10.8. The van der Waals surface area contributed by atoms with E-state index in [1.807, 2.05) is 6.07 Å². The number of ether oxygens (including phenoxy) is 2. The van der Waals surface area contributed by atoms with Crippen LogP contribution in [0.25, 0.3) is 22.3 Å². The lowest BCUT2D eigenvalue weighted by atomic mass is 9.94. The Balaban J connectivity index is 1.74. The van der Waals surface area contributed by atoms with Gasteiger partial charge in [-0.15, -0.1) is 0 Å². The lowest BCUT2D eigenvalue weighted by molar-refractivity contribution is -0.139. The van der Waals surface area contributed by atoms with E-state index in [1.54, 1.807) is 6.92 Å². The fourth-order valence-electron chi connectivity index (χ4n) is 4.38. The Kier molecular flexibility index (Phi) is 11.0. The number of aryl methyl sites for hydroxylation is 3. The molecule has 0 bridgehead atoms. The number of unbranched alkanes of at least 4 members (excludes halogenated alkanes) is 2. The van der Waals surface area contributed by atoms with Crippen molar-refractivity contribution in [1.82, 2.24) is 0 Å². The van der Waals surface area contributed by atoms with Gasteiger partial charge in [-0.2, -0.15) is 0 Å². The molecule has 0 heterocycles. The van der Waals surface area contributed by atoms with Crippen molar-refractivity contribution < 1.29 is 19.4 Å². The van der Waals surface area contributed by atoms with Crippen molar-refractivity contribution in [2.45, 2.75) is 59.3 Å². The molecule has 0 aromatic heterocycles. The predicted octanol–water partition coefficient (Wildman–Crippen LogP) is 7.48. The summed E-state index contributed by atoms with van der Waals surface area (Å²) in [6, 6.07) is 21.6. The monoisotopic (exact) mass is 500 g/mol. The van der Waals surface area contributed by atoms with E-state index in [9.17, 15) is 9.90 Å². The molecule has 3 aromatic rings. The first-order chi connectivity index (χ1) is 17.9. The van der Waals surface area contributed by atoms with E-state index in [-0.39, 0.29) is 19.8 Å². The third-order valence-electron chi connectivity index (χ3n) is 6.48. The fraction of sp³-hybridized carbons (Fsp3) is 0.364. The van der Waals surface area contributed by atoms with Crippen molar-refractivity contribution in [2.24, 2.45) is 0 Å². The minimum atomic E-state index is -0.417. The molecule has 37 heavy (non-hydrogen) atoms. The lowest BCUT2D eigenvalue weighted by Gasteiger charge is -2.14. The number of benzene rings is 3. The summed E-state index contributed by atoms with van der Waals surface area (Å²) in [7, 11) is 0. The Hall–Kier alpha value is -3.37. The Labute approximate surface area is 222 Å². The van der Waals surface area contributed by atoms with Gasteiger partial charge in [0.25, 0.3) is 0 Å². The minimum absolute atomic E-state index is 0.123. The van der Waals surface area contributed by atoms with Crippen LogP contribution in [0.1, 0.15) is 56.2 Å². The van der Waals surface area contributed by atoms with Crippen LogP contribution in [0.15, 0.2) is 72.8 Å². The molecule has 0 atom stereocenters. The Morgan fingerprint density at radius 2 is 1.59 bits per heavy atom. The van der Waals surface area contributed by atoms with Gasteiger partial charge in [0.05, 0.1) is 0 Å². The molecular formula is C33H40O4. The Morgan fingerprint density at radius 1 is 0.865 bits per heavy atom. The summed E-state index contributed by atoms with van der Waals surface area (Å²) in [5.41, 5.74) is 8.73. The highest BCUT2D eigenvalue weighted by atomic mass is 16.6. The third-order valence-corrected chi connectivity index (χ3v) is 6.48. The van der Waals surface area contributed by atoms with Gasteiger partial charge in [0.1, 0.15) is 19.0 Å². The molecule has 0 aliphatic rings. The predicted molar refractivity (Wildman–Crippen MR) is 152 cm³/mol. The first kappa shape index (κ1) is 28.2. The minimum Gasteiger partial charge on any atom is -0.490 e. The molecule has 0 radical (unpaired) electrons. The van der Waals surface area contributed by atoms with Crippen molar-refractivity contribution >= 4 is 5.97 Å². The SMILES string of the molecule is C=C(C)C(=O)OCCOc1cc(-c2ccc(-c3ccc(CCCCC)cc3C)cc2)ccc1CCCO. The molecular weight excluding hydrogens is 460 g/mol. The van der Waals surface area contributed by atoms with Crippen LogP contribution in [0, 0.1) is 6.92 Å². The van der Waals surface area contributed by atoms with Gasteiger partial charge in [0.2, 0.25) is 0 Å². The summed E-state index contributed by atoms with van der Waals surface area (Å²) in [6.45, 7) is 10.2. The van der Waals surface area contributed by atoms with Crippen LogP contribution in [0.3, 0.4) is 0 Å². The average Bonchev–Trinajstić information content (AvgIpc) is 2.90.